The molecule has 3 heterocycles. The number of nitrogens with one attached hydrogen (secondary N) is 2. The van der Waals surface area contributed by atoms with Gasteiger partial charge in [-0.3, -0.25) is 4.79 Å². The minimum atomic E-state index is -0.0628. The highest BCUT2D eigenvalue weighted by molar-refractivity contribution is 7.15. The summed E-state index contributed by atoms with van der Waals surface area (Å²) in [6.45, 7) is 1.30. The van der Waals surface area contributed by atoms with Gasteiger partial charge in [-0.2, -0.15) is 5.26 Å². The van der Waals surface area contributed by atoms with Gasteiger partial charge in [0.1, 0.15) is 5.69 Å². The minimum Gasteiger partial charge on any atom is -0.356 e. The van der Waals surface area contributed by atoms with E-state index < -0.39 is 0 Å². The number of carbonyl (C=O) groups is 1. The molecule has 3 aliphatic carbocycles. The number of para-hydroxylation sites is 1. The van der Waals surface area contributed by atoms with E-state index in [4.69, 9.17) is 4.98 Å². The lowest BCUT2D eigenvalue weighted by molar-refractivity contribution is -0.0660. The average molecular weight is 389 g/mol. The third kappa shape index (κ3) is 2.24. The first-order chi connectivity index (χ1) is 13.6. The van der Waals surface area contributed by atoms with Crippen LogP contribution < -0.4 is 5.32 Å². The summed E-state index contributed by atoms with van der Waals surface area (Å²) in [7, 11) is 0. The summed E-state index contributed by atoms with van der Waals surface area (Å²) >= 11 is 1.65. The Morgan fingerprint density at radius 1 is 1.32 bits per heavy atom. The quantitative estimate of drug-likeness (QED) is 0.716. The van der Waals surface area contributed by atoms with Crippen LogP contribution in [0.4, 0.5) is 5.13 Å². The van der Waals surface area contributed by atoms with Crippen molar-refractivity contribution >= 4 is 33.3 Å². The number of nitrogens with zero attached hydrogens (tertiary/aromatic N) is 3. The van der Waals surface area contributed by atoms with Gasteiger partial charge in [0.05, 0.1) is 23.7 Å². The molecule has 140 valence electrons. The van der Waals surface area contributed by atoms with Gasteiger partial charge in [0.15, 0.2) is 5.13 Å². The number of fused-ring (bicyclic) bond motifs is 2. The molecule has 7 heteroatoms. The van der Waals surface area contributed by atoms with Crippen molar-refractivity contribution in [2.24, 2.45) is 5.41 Å². The van der Waals surface area contributed by atoms with Crippen molar-refractivity contribution in [1.82, 2.24) is 14.9 Å². The Morgan fingerprint density at radius 3 is 2.93 bits per heavy atom. The molecule has 0 radical (unpaired) electrons. The molecule has 1 amide bonds. The number of aromatic amines is 1. The fraction of sp³-hybridized carbons (Fsp3) is 0.381. The maximum atomic E-state index is 13.0. The zero-order chi connectivity index (χ0) is 18.9. The van der Waals surface area contributed by atoms with E-state index in [1.807, 2.05) is 35.2 Å². The number of hydrogen-bond acceptors (Lipinski definition) is 5. The lowest BCUT2D eigenvalue weighted by atomic mass is 9.40. The number of thiazole rings is 1. The second-order valence-corrected chi connectivity index (χ2v) is 9.55. The first-order valence-corrected chi connectivity index (χ1v) is 10.4. The van der Waals surface area contributed by atoms with Gasteiger partial charge >= 0.3 is 0 Å². The van der Waals surface area contributed by atoms with Crippen molar-refractivity contribution in [3.63, 3.8) is 0 Å². The third-order valence-electron chi connectivity index (χ3n) is 6.42. The van der Waals surface area contributed by atoms with Gasteiger partial charge < -0.3 is 15.2 Å². The van der Waals surface area contributed by atoms with Gasteiger partial charge in [0.25, 0.3) is 5.91 Å². The molecule has 0 spiro atoms. The summed E-state index contributed by atoms with van der Waals surface area (Å²) in [5.41, 5.74) is 2.77. The molecular weight excluding hydrogens is 370 g/mol. The number of anilines is 1. The molecule has 3 fully saturated rings. The predicted molar refractivity (Wildman–Crippen MR) is 107 cm³/mol. The summed E-state index contributed by atoms with van der Waals surface area (Å²) in [4.78, 5) is 24.1. The van der Waals surface area contributed by atoms with Crippen molar-refractivity contribution in [3.05, 3.63) is 46.6 Å². The molecule has 3 saturated carbocycles. The Labute approximate surface area is 166 Å². The second kappa shape index (κ2) is 5.36. The first kappa shape index (κ1) is 16.1. The molecule has 4 aliphatic rings. The summed E-state index contributed by atoms with van der Waals surface area (Å²) in [5, 5.41) is 14.8. The van der Waals surface area contributed by atoms with Gasteiger partial charge in [-0.15, -0.1) is 0 Å². The van der Waals surface area contributed by atoms with Gasteiger partial charge in [-0.05, 0) is 31.4 Å². The molecule has 1 aromatic carbocycles. The highest BCUT2D eigenvalue weighted by atomic mass is 32.1. The topological polar surface area (TPSA) is 84.8 Å². The van der Waals surface area contributed by atoms with Crippen LogP contribution in [0.5, 0.6) is 0 Å². The van der Waals surface area contributed by atoms with E-state index in [1.165, 1.54) is 4.88 Å². The number of aromatic nitrogens is 2. The number of H-pyrrole nitrogens is 1. The number of rotatable bonds is 3. The van der Waals surface area contributed by atoms with Crippen molar-refractivity contribution in [1.29, 1.82) is 5.26 Å². The molecule has 0 atom stereocenters. The second-order valence-electron chi connectivity index (χ2n) is 8.46. The van der Waals surface area contributed by atoms with E-state index in [0.29, 0.717) is 18.8 Å². The molecule has 1 aliphatic heterocycles. The Kier molecular flexibility index (Phi) is 3.09. The van der Waals surface area contributed by atoms with Crippen LogP contribution >= 0.6 is 11.3 Å². The SMILES string of the molecule is N#CC12CC(Nc3nc4c(s3)CN(C(=O)c3cc5ccccc5[nH]3)CC4)(C1)C2. The lowest BCUT2D eigenvalue weighted by Gasteiger charge is -2.67. The number of amides is 1. The predicted octanol–water partition coefficient (Wildman–Crippen LogP) is 3.68. The number of nitriles is 1. The molecule has 7 rings (SSSR count). The Balaban J connectivity index is 1.18. The highest BCUT2D eigenvalue weighted by Gasteiger charge is 2.69. The molecule has 2 bridgehead atoms. The Hall–Kier alpha value is -2.85. The van der Waals surface area contributed by atoms with Crippen LogP contribution in [-0.4, -0.2) is 32.9 Å². The van der Waals surface area contributed by atoms with Crippen LogP contribution in [0.25, 0.3) is 10.9 Å². The maximum absolute atomic E-state index is 13.0. The molecule has 2 aromatic heterocycles. The smallest absolute Gasteiger partial charge is 0.270 e. The first-order valence-electron chi connectivity index (χ1n) is 9.62. The van der Waals surface area contributed by atoms with Crippen LogP contribution in [0, 0.1) is 16.7 Å². The monoisotopic (exact) mass is 389 g/mol. The third-order valence-corrected chi connectivity index (χ3v) is 7.42. The van der Waals surface area contributed by atoms with Crippen LogP contribution in [0.1, 0.15) is 40.3 Å². The zero-order valence-corrected chi connectivity index (χ0v) is 16.1. The van der Waals surface area contributed by atoms with Crippen LogP contribution in [0.15, 0.2) is 30.3 Å². The van der Waals surface area contributed by atoms with Gasteiger partial charge in [-0.25, -0.2) is 4.98 Å². The van der Waals surface area contributed by atoms with E-state index in [1.54, 1.807) is 11.3 Å². The summed E-state index contributed by atoms with van der Waals surface area (Å²) in [6.07, 6.45) is 3.60. The molecule has 2 N–H and O–H groups in total. The molecule has 3 aromatic rings. The Morgan fingerprint density at radius 2 is 2.14 bits per heavy atom. The highest BCUT2D eigenvalue weighted by Crippen LogP contribution is 2.68. The summed E-state index contributed by atoms with van der Waals surface area (Å²) < 4.78 is 0. The van der Waals surface area contributed by atoms with Crippen molar-refractivity contribution in [2.45, 2.75) is 37.8 Å². The average Bonchev–Trinajstić information content (AvgIpc) is 3.25. The van der Waals surface area contributed by atoms with E-state index in [0.717, 1.165) is 47.4 Å². The van der Waals surface area contributed by atoms with Crippen LogP contribution in [0.2, 0.25) is 0 Å². The number of hydrogen-bond donors (Lipinski definition) is 2. The van der Waals surface area contributed by atoms with Crippen LogP contribution in [-0.2, 0) is 13.0 Å². The number of carbonyl (C=O) groups excluding carboxylic acids is 1. The van der Waals surface area contributed by atoms with Gasteiger partial charge in [-0.1, -0.05) is 29.5 Å². The Bertz CT molecular complexity index is 1120. The van der Waals surface area contributed by atoms with Gasteiger partial charge in [0, 0.05) is 34.3 Å². The zero-order valence-electron chi connectivity index (χ0n) is 15.3. The minimum absolute atomic E-state index is 0.0418. The maximum Gasteiger partial charge on any atom is 0.270 e. The van der Waals surface area contributed by atoms with Crippen molar-refractivity contribution in [3.8, 4) is 6.07 Å². The largest absolute Gasteiger partial charge is 0.356 e. The van der Waals surface area contributed by atoms with E-state index >= 15 is 0 Å². The number of benzene rings is 1. The molecule has 0 saturated heterocycles. The molecular formula is C21H19N5OS. The summed E-state index contributed by atoms with van der Waals surface area (Å²) in [5.74, 6) is 0.0418. The van der Waals surface area contributed by atoms with E-state index in [2.05, 4.69) is 16.4 Å². The van der Waals surface area contributed by atoms with E-state index in [9.17, 15) is 10.1 Å². The van der Waals surface area contributed by atoms with Crippen molar-refractivity contribution in [2.75, 3.05) is 11.9 Å². The standard InChI is InChI=1S/C21H19N5OS/c22-12-20-9-21(10-20,11-20)25-19-24-15-5-6-26(8-17(15)28-19)18(27)16-7-13-3-1-2-4-14(13)23-16/h1-4,7,23H,5-6,8-11H2,(H,24,25). The molecule has 0 unspecified atom stereocenters. The normalized spacial score (nSPS) is 27.5. The molecule has 6 nitrogen and oxygen atoms in total. The fourth-order valence-corrected chi connectivity index (χ4v) is 6.19. The van der Waals surface area contributed by atoms with Crippen molar-refractivity contribution < 1.29 is 4.79 Å². The lowest BCUT2D eigenvalue weighted by Crippen LogP contribution is -2.70. The van der Waals surface area contributed by atoms with E-state index in [-0.39, 0.29) is 16.9 Å². The van der Waals surface area contributed by atoms with Crippen LogP contribution in [0.3, 0.4) is 0 Å². The summed E-state index contributed by atoms with van der Waals surface area (Å²) in [6, 6.07) is 12.3. The molecule has 28 heavy (non-hydrogen) atoms. The van der Waals surface area contributed by atoms with Gasteiger partial charge in [0.2, 0.25) is 0 Å². The fourth-order valence-electron chi connectivity index (χ4n) is 5.05.